The summed E-state index contributed by atoms with van der Waals surface area (Å²) in [5.74, 6) is -0.812. The van der Waals surface area contributed by atoms with Crippen LogP contribution in [0.25, 0.3) is 0 Å². The molecule has 86 valence electrons. The Kier molecular flexibility index (Phi) is 4.44. The molecule has 1 aromatic rings. The summed E-state index contributed by atoms with van der Waals surface area (Å²) in [6.45, 7) is 0. The Labute approximate surface area is 92.8 Å². The lowest BCUT2D eigenvalue weighted by atomic mass is 10.2. The Morgan fingerprint density at radius 3 is 2.25 bits per heavy atom. The van der Waals surface area contributed by atoms with E-state index in [1.54, 1.807) is 0 Å². The van der Waals surface area contributed by atoms with Crippen molar-refractivity contribution in [1.82, 2.24) is 5.32 Å². The largest absolute Gasteiger partial charge is 0.359 e. The van der Waals surface area contributed by atoms with Crippen LogP contribution in [0.1, 0.15) is 12.8 Å². The van der Waals surface area contributed by atoms with Gasteiger partial charge in [-0.25, -0.2) is 4.39 Å². The van der Waals surface area contributed by atoms with Crippen molar-refractivity contribution in [2.75, 3.05) is 12.4 Å². The molecule has 16 heavy (non-hydrogen) atoms. The number of amides is 2. The van der Waals surface area contributed by atoms with Crippen LogP contribution in [0.5, 0.6) is 0 Å². The number of rotatable bonds is 4. The molecule has 0 saturated heterocycles. The molecule has 0 aliphatic rings. The lowest BCUT2D eigenvalue weighted by Gasteiger charge is -2.04. The molecule has 0 atom stereocenters. The predicted octanol–water partition coefficient (Wildman–Crippen LogP) is 1.29. The van der Waals surface area contributed by atoms with Crippen molar-refractivity contribution in [3.8, 4) is 0 Å². The van der Waals surface area contributed by atoms with Crippen LogP contribution in [0, 0.1) is 5.82 Å². The number of hydrogen-bond acceptors (Lipinski definition) is 2. The van der Waals surface area contributed by atoms with E-state index in [1.165, 1.54) is 31.3 Å². The topological polar surface area (TPSA) is 58.2 Å². The Morgan fingerprint density at radius 1 is 1.12 bits per heavy atom. The van der Waals surface area contributed by atoms with Gasteiger partial charge in [-0.15, -0.1) is 0 Å². The van der Waals surface area contributed by atoms with E-state index in [2.05, 4.69) is 10.6 Å². The molecule has 0 unspecified atom stereocenters. The van der Waals surface area contributed by atoms with E-state index >= 15 is 0 Å². The molecule has 0 aliphatic heterocycles. The minimum atomic E-state index is -0.358. The van der Waals surface area contributed by atoms with Gasteiger partial charge in [-0.3, -0.25) is 9.59 Å². The summed E-state index contributed by atoms with van der Waals surface area (Å²) in [6, 6.07) is 5.45. The molecule has 0 aliphatic carbocycles. The number of hydrogen-bond donors (Lipinski definition) is 2. The van der Waals surface area contributed by atoms with Crippen molar-refractivity contribution >= 4 is 17.5 Å². The Bertz CT molecular complexity index is 376. The second-order valence-electron chi connectivity index (χ2n) is 3.23. The van der Waals surface area contributed by atoms with Crippen LogP contribution < -0.4 is 10.6 Å². The summed E-state index contributed by atoms with van der Waals surface area (Å²) in [5.41, 5.74) is 0.517. The first kappa shape index (κ1) is 12.2. The standard InChI is InChI=1S/C11H13FN2O2/c1-13-10(15)6-7-11(16)14-9-4-2-8(12)3-5-9/h2-5H,6-7H2,1H3,(H,13,15)(H,14,16). The Hall–Kier alpha value is -1.91. The van der Waals surface area contributed by atoms with Gasteiger partial charge in [0, 0.05) is 25.6 Å². The zero-order valence-electron chi connectivity index (χ0n) is 8.92. The summed E-state index contributed by atoms with van der Waals surface area (Å²) in [5, 5.41) is 4.99. The summed E-state index contributed by atoms with van der Waals surface area (Å²) < 4.78 is 12.6. The summed E-state index contributed by atoms with van der Waals surface area (Å²) in [4.78, 5) is 22.2. The summed E-state index contributed by atoms with van der Waals surface area (Å²) in [6.07, 6.45) is 0.251. The van der Waals surface area contributed by atoms with Crippen molar-refractivity contribution in [2.45, 2.75) is 12.8 Å². The van der Waals surface area contributed by atoms with Gasteiger partial charge in [0.2, 0.25) is 11.8 Å². The molecule has 4 nitrogen and oxygen atoms in total. The third kappa shape index (κ3) is 4.08. The highest BCUT2D eigenvalue weighted by atomic mass is 19.1. The molecule has 1 aromatic carbocycles. The lowest BCUT2D eigenvalue weighted by molar-refractivity contribution is -0.124. The van der Waals surface area contributed by atoms with Gasteiger partial charge in [0.15, 0.2) is 0 Å². The van der Waals surface area contributed by atoms with E-state index in [4.69, 9.17) is 0 Å². The van der Waals surface area contributed by atoms with E-state index in [-0.39, 0.29) is 30.5 Å². The molecule has 2 amide bonds. The van der Waals surface area contributed by atoms with Crippen LogP contribution in [0.3, 0.4) is 0 Å². The SMILES string of the molecule is CNC(=O)CCC(=O)Nc1ccc(F)cc1. The van der Waals surface area contributed by atoms with E-state index in [0.717, 1.165) is 0 Å². The molecular formula is C11H13FN2O2. The molecule has 0 radical (unpaired) electrons. The number of carbonyl (C=O) groups is 2. The lowest BCUT2D eigenvalue weighted by Crippen LogP contribution is -2.20. The molecule has 0 fully saturated rings. The first-order chi connectivity index (χ1) is 7.61. The van der Waals surface area contributed by atoms with Crippen LogP contribution in [-0.4, -0.2) is 18.9 Å². The summed E-state index contributed by atoms with van der Waals surface area (Å²) in [7, 11) is 1.51. The van der Waals surface area contributed by atoms with E-state index in [0.29, 0.717) is 5.69 Å². The van der Waals surface area contributed by atoms with Crippen molar-refractivity contribution in [3.05, 3.63) is 30.1 Å². The van der Waals surface area contributed by atoms with Gasteiger partial charge in [-0.2, -0.15) is 0 Å². The number of benzene rings is 1. The number of halogens is 1. The molecule has 2 N–H and O–H groups in total. The minimum Gasteiger partial charge on any atom is -0.359 e. The fourth-order valence-electron chi connectivity index (χ4n) is 1.11. The quantitative estimate of drug-likeness (QED) is 0.809. The first-order valence-electron chi connectivity index (χ1n) is 4.88. The van der Waals surface area contributed by atoms with E-state index < -0.39 is 0 Å². The van der Waals surface area contributed by atoms with Gasteiger partial charge in [0.05, 0.1) is 0 Å². The third-order valence-electron chi connectivity index (χ3n) is 1.99. The van der Waals surface area contributed by atoms with Crippen molar-refractivity contribution in [2.24, 2.45) is 0 Å². The van der Waals surface area contributed by atoms with E-state index in [1.807, 2.05) is 0 Å². The Morgan fingerprint density at radius 2 is 1.69 bits per heavy atom. The number of carbonyl (C=O) groups excluding carboxylic acids is 2. The second kappa shape index (κ2) is 5.85. The second-order valence-corrected chi connectivity index (χ2v) is 3.23. The molecule has 0 heterocycles. The van der Waals surface area contributed by atoms with E-state index in [9.17, 15) is 14.0 Å². The highest BCUT2D eigenvalue weighted by Gasteiger charge is 2.05. The smallest absolute Gasteiger partial charge is 0.224 e. The van der Waals surface area contributed by atoms with Crippen LogP contribution in [0.4, 0.5) is 10.1 Å². The molecule has 0 aromatic heterocycles. The fourth-order valence-corrected chi connectivity index (χ4v) is 1.11. The highest BCUT2D eigenvalue weighted by Crippen LogP contribution is 2.08. The van der Waals surface area contributed by atoms with Gasteiger partial charge < -0.3 is 10.6 Å². The summed E-state index contributed by atoms with van der Waals surface area (Å²) >= 11 is 0. The van der Waals surface area contributed by atoms with Crippen LogP contribution in [-0.2, 0) is 9.59 Å². The Balaban J connectivity index is 2.40. The molecule has 5 heteroatoms. The predicted molar refractivity (Wildman–Crippen MR) is 58.3 cm³/mol. The maximum atomic E-state index is 12.6. The molecular weight excluding hydrogens is 211 g/mol. The van der Waals surface area contributed by atoms with Gasteiger partial charge in [-0.1, -0.05) is 0 Å². The highest BCUT2D eigenvalue weighted by molar-refractivity contribution is 5.93. The zero-order chi connectivity index (χ0) is 12.0. The average molecular weight is 224 g/mol. The number of anilines is 1. The van der Waals surface area contributed by atoms with Gasteiger partial charge in [0.1, 0.15) is 5.82 Å². The maximum Gasteiger partial charge on any atom is 0.224 e. The zero-order valence-corrected chi connectivity index (χ0v) is 8.92. The van der Waals surface area contributed by atoms with Crippen molar-refractivity contribution in [3.63, 3.8) is 0 Å². The third-order valence-corrected chi connectivity index (χ3v) is 1.99. The van der Waals surface area contributed by atoms with Crippen LogP contribution >= 0.6 is 0 Å². The molecule has 1 rings (SSSR count). The maximum absolute atomic E-state index is 12.6. The monoisotopic (exact) mass is 224 g/mol. The van der Waals surface area contributed by atoms with Gasteiger partial charge in [0.25, 0.3) is 0 Å². The molecule has 0 saturated carbocycles. The molecule has 0 bridgehead atoms. The fraction of sp³-hybridized carbons (Fsp3) is 0.273. The molecule has 0 spiro atoms. The van der Waals surface area contributed by atoms with Crippen molar-refractivity contribution < 1.29 is 14.0 Å². The first-order valence-corrected chi connectivity index (χ1v) is 4.88. The normalized spacial score (nSPS) is 9.62. The van der Waals surface area contributed by atoms with Gasteiger partial charge in [-0.05, 0) is 24.3 Å². The minimum absolute atomic E-state index is 0.108. The van der Waals surface area contributed by atoms with Crippen LogP contribution in [0.2, 0.25) is 0 Å². The van der Waals surface area contributed by atoms with Gasteiger partial charge >= 0.3 is 0 Å². The van der Waals surface area contributed by atoms with Crippen LogP contribution in [0.15, 0.2) is 24.3 Å². The average Bonchev–Trinajstić information content (AvgIpc) is 2.29. The van der Waals surface area contributed by atoms with Crippen molar-refractivity contribution in [1.29, 1.82) is 0 Å². The number of nitrogens with one attached hydrogen (secondary N) is 2.